The summed E-state index contributed by atoms with van der Waals surface area (Å²) >= 11 is 1.69. The van der Waals surface area contributed by atoms with Crippen LogP contribution in [0, 0.1) is 10.3 Å². The summed E-state index contributed by atoms with van der Waals surface area (Å²) in [6.07, 6.45) is 1.25. The fraction of sp³-hybridized carbons (Fsp3) is 0.462. The Morgan fingerprint density at radius 1 is 1.18 bits per heavy atom. The first-order valence-corrected chi connectivity index (χ1v) is 13.5. The number of thiophene rings is 1. The minimum Gasteiger partial charge on any atom is -0.398 e. The number of fused-ring (bicyclic) bond motifs is 1. The van der Waals surface area contributed by atoms with Gasteiger partial charge in [0.1, 0.15) is 0 Å². The first-order chi connectivity index (χ1) is 18.3. The summed E-state index contributed by atoms with van der Waals surface area (Å²) in [5, 5.41) is 10.9. The first-order valence-electron chi connectivity index (χ1n) is 12.7. The third-order valence-corrected chi connectivity index (χ3v) is 8.14. The quantitative estimate of drug-likeness (QED) is 0.267. The van der Waals surface area contributed by atoms with Gasteiger partial charge in [0.2, 0.25) is 0 Å². The van der Waals surface area contributed by atoms with Crippen LogP contribution in [-0.2, 0) is 16.1 Å². The number of carbonyl (C=O) groups excluding carboxylic acids is 1. The van der Waals surface area contributed by atoms with Crippen molar-refractivity contribution in [2.24, 2.45) is 5.18 Å². The molecule has 3 N–H and O–H groups in total. The van der Waals surface area contributed by atoms with Crippen LogP contribution in [0.25, 0.3) is 21.6 Å². The lowest BCUT2D eigenvalue weighted by molar-refractivity contribution is -0.137. The predicted molar refractivity (Wildman–Crippen MR) is 150 cm³/mol. The number of amides is 1. The van der Waals surface area contributed by atoms with Crippen molar-refractivity contribution in [2.45, 2.75) is 25.9 Å². The summed E-state index contributed by atoms with van der Waals surface area (Å²) in [7, 11) is 0. The van der Waals surface area contributed by atoms with Crippen molar-refractivity contribution >= 4 is 45.2 Å². The Morgan fingerprint density at radius 2 is 1.92 bits per heavy atom. The van der Waals surface area contributed by atoms with Crippen molar-refractivity contribution in [3.05, 3.63) is 39.6 Å². The lowest BCUT2D eigenvalue weighted by atomic mass is 10.0. The number of ether oxygens (including phenoxy) is 1. The smallest absolute Gasteiger partial charge is 0.253 e. The Balaban J connectivity index is 1.43. The first kappa shape index (κ1) is 26.1. The highest BCUT2D eigenvalue weighted by molar-refractivity contribution is 7.19. The Morgan fingerprint density at radius 3 is 2.61 bits per heavy atom. The van der Waals surface area contributed by atoms with E-state index in [0.717, 1.165) is 46.1 Å². The van der Waals surface area contributed by atoms with Gasteiger partial charge in [-0.25, -0.2) is 9.97 Å². The summed E-state index contributed by atoms with van der Waals surface area (Å²) < 4.78 is 6.60. The molecule has 200 valence electrons. The minimum absolute atomic E-state index is 0.224. The fourth-order valence-electron chi connectivity index (χ4n) is 4.85. The van der Waals surface area contributed by atoms with Crippen molar-refractivity contribution < 1.29 is 9.53 Å². The molecule has 1 aromatic carbocycles. The van der Waals surface area contributed by atoms with Crippen LogP contribution in [0.2, 0.25) is 0 Å². The number of nitrogens with two attached hydrogens (primary N) is 1. The third-order valence-electron chi connectivity index (χ3n) is 7.03. The maximum atomic E-state index is 12.6. The van der Waals surface area contributed by atoms with E-state index in [1.165, 1.54) is 6.21 Å². The molecule has 2 saturated heterocycles. The average molecular weight is 537 g/mol. The maximum absolute atomic E-state index is 12.6. The number of nitrogen functional groups attached to an aromatic ring is 1. The number of nitroso groups, excluding NO2 is 1. The molecule has 0 unspecified atom stereocenters. The van der Waals surface area contributed by atoms with Gasteiger partial charge in [-0.05, 0) is 26.0 Å². The highest BCUT2D eigenvalue weighted by Crippen LogP contribution is 2.36. The molecule has 1 amide bonds. The van der Waals surface area contributed by atoms with Gasteiger partial charge in [0.05, 0.1) is 23.4 Å². The number of carbonyl (C=O) groups is 1. The van der Waals surface area contributed by atoms with E-state index in [2.05, 4.69) is 21.0 Å². The van der Waals surface area contributed by atoms with Crippen LogP contribution in [0.5, 0.6) is 0 Å². The highest BCUT2D eigenvalue weighted by Gasteiger charge is 2.35. The van der Waals surface area contributed by atoms with Gasteiger partial charge in [0, 0.05) is 73.7 Å². The molecule has 2 aliphatic rings. The van der Waals surface area contributed by atoms with Gasteiger partial charge in [0.25, 0.3) is 5.91 Å². The van der Waals surface area contributed by atoms with E-state index in [0.29, 0.717) is 56.5 Å². The highest BCUT2D eigenvalue weighted by atomic mass is 32.1. The largest absolute Gasteiger partial charge is 0.398 e. The average Bonchev–Trinajstić information content (AvgIpc) is 3.35. The zero-order valence-electron chi connectivity index (χ0n) is 21.6. The molecule has 0 bridgehead atoms. The molecule has 0 spiro atoms. The summed E-state index contributed by atoms with van der Waals surface area (Å²) in [4.78, 5) is 41.0. The van der Waals surface area contributed by atoms with E-state index < -0.39 is 5.54 Å². The van der Waals surface area contributed by atoms with E-state index in [9.17, 15) is 9.70 Å². The molecule has 3 aromatic rings. The van der Waals surface area contributed by atoms with Crippen LogP contribution in [0.3, 0.4) is 0 Å². The number of piperazine rings is 1. The fourth-order valence-corrected chi connectivity index (χ4v) is 6.00. The zero-order chi connectivity index (χ0) is 26.9. The van der Waals surface area contributed by atoms with Crippen molar-refractivity contribution in [3.63, 3.8) is 0 Å². The molecule has 0 radical (unpaired) electrons. The molecule has 2 fully saturated rings. The van der Waals surface area contributed by atoms with Crippen LogP contribution >= 0.6 is 11.3 Å². The normalized spacial score (nSPS) is 17.1. The van der Waals surface area contributed by atoms with E-state index in [1.807, 2.05) is 12.1 Å². The zero-order valence-corrected chi connectivity index (χ0v) is 22.5. The molecule has 0 saturated carbocycles. The standard InChI is InChI=1S/C26H32N8O3S/c1-26(2,31-36)25(35)34-8-6-32(7-9-34)16-17-14-21-22(38-17)24(33-10-12-37-13-11-33)30-23(29-21)18-4-3-5-20(28)19(18)15-27/h3-5,14-15,27H,6-13,16,28H2,1-2H3. The van der Waals surface area contributed by atoms with Gasteiger partial charge in [-0.3, -0.25) is 9.69 Å². The molecule has 11 nitrogen and oxygen atoms in total. The number of morpholine rings is 1. The van der Waals surface area contributed by atoms with Gasteiger partial charge in [-0.2, -0.15) is 0 Å². The van der Waals surface area contributed by atoms with E-state index in [-0.39, 0.29) is 5.91 Å². The van der Waals surface area contributed by atoms with Crippen LogP contribution in [0.15, 0.2) is 29.4 Å². The van der Waals surface area contributed by atoms with Gasteiger partial charge in [-0.1, -0.05) is 17.3 Å². The molecular weight excluding hydrogens is 504 g/mol. The summed E-state index contributed by atoms with van der Waals surface area (Å²) in [5.74, 6) is 1.20. The van der Waals surface area contributed by atoms with Crippen molar-refractivity contribution in [2.75, 3.05) is 63.1 Å². The summed E-state index contributed by atoms with van der Waals surface area (Å²) in [5.41, 5.74) is 7.64. The predicted octanol–water partition coefficient (Wildman–Crippen LogP) is 2.96. The van der Waals surface area contributed by atoms with Crippen molar-refractivity contribution in [1.82, 2.24) is 19.8 Å². The number of nitrogens with zero attached hydrogens (tertiary/aromatic N) is 6. The van der Waals surface area contributed by atoms with Gasteiger partial charge >= 0.3 is 0 Å². The number of benzene rings is 1. The second-order valence-corrected chi connectivity index (χ2v) is 11.2. The number of hydrogen-bond donors (Lipinski definition) is 2. The van der Waals surface area contributed by atoms with Crippen LogP contribution in [0.4, 0.5) is 11.5 Å². The van der Waals surface area contributed by atoms with E-state index >= 15 is 0 Å². The number of rotatable bonds is 7. The molecule has 5 rings (SSSR count). The number of aromatic nitrogens is 2. The van der Waals surface area contributed by atoms with E-state index in [4.69, 9.17) is 25.8 Å². The maximum Gasteiger partial charge on any atom is 0.253 e. The van der Waals surface area contributed by atoms with Crippen LogP contribution < -0.4 is 10.6 Å². The minimum atomic E-state index is -1.24. The lowest BCUT2D eigenvalue weighted by Gasteiger charge is -2.36. The number of anilines is 2. The van der Waals surface area contributed by atoms with Gasteiger partial charge < -0.3 is 25.7 Å². The van der Waals surface area contributed by atoms with Crippen LogP contribution in [-0.4, -0.2) is 89.9 Å². The Labute approximate surface area is 225 Å². The van der Waals surface area contributed by atoms with Gasteiger partial charge in [0.15, 0.2) is 17.2 Å². The molecule has 2 aliphatic heterocycles. The third kappa shape index (κ3) is 5.11. The molecule has 0 atom stereocenters. The Hall–Kier alpha value is -3.48. The van der Waals surface area contributed by atoms with Gasteiger partial charge in [-0.15, -0.1) is 16.2 Å². The lowest BCUT2D eigenvalue weighted by Crippen LogP contribution is -2.53. The topological polar surface area (TPSA) is 141 Å². The number of nitrogens with one attached hydrogen (secondary N) is 1. The molecule has 4 heterocycles. The van der Waals surface area contributed by atoms with Crippen molar-refractivity contribution in [3.8, 4) is 11.4 Å². The molecule has 38 heavy (non-hydrogen) atoms. The SMILES string of the molecule is CC(C)(N=O)C(=O)N1CCN(Cc2cc3nc(-c4cccc(N)c4C=N)nc(N4CCOCC4)c3s2)CC1. The molecular formula is C26H32N8O3S. The van der Waals surface area contributed by atoms with Crippen LogP contribution in [0.1, 0.15) is 24.3 Å². The summed E-state index contributed by atoms with van der Waals surface area (Å²) in [6.45, 7) is 9.18. The summed E-state index contributed by atoms with van der Waals surface area (Å²) in [6, 6.07) is 7.64. The monoisotopic (exact) mass is 536 g/mol. The number of hydrogen-bond acceptors (Lipinski definition) is 11. The second-order valence-electron chi connectivity index (χ2n) is 10.1. The van der Waals surface area contributed by atoms with E-state index in [1.54, 1.807) is 36.2 Å². The van der Waals surface area contributed by atoms with Crippen molar-refractivity contribution in [1.29, 1.82) is 5.41 Å². The molecule has 2 aromatic heterocycles. The molecule has 0 aliphatic carbocycles. The second kappa shape index (κ2) is 10.7. The molecule has 12 heteroatoms. The Bertz CT molecular complexity index is 1360. The Kier molecular flexibility index (Phi) is 7.37.